The average molecular weight is 253 g/mol. The Morgan fingerprint density at radius 1 is 1.00 bits per heavy atom. The van der Waals surface area contributed by atoms with Crippen molar-refractivity contribution in [1.29, 1.82) is 0 Å². The topological polar surface area (TPSA) is 35.2 Å². The third-order valence-corrected chi connectivity index (χ3v) is 3.94. The fourth-order valence-electron chi connectivity index (χ4n) is 2.42. The first-order valence-corrected chi connectivity index (χ1v) is 6.80. The van der Waals surface area contributed by atoms with Gasteiger partial charge in [0.25, 0.3) is 0 Å². The minimum atomic E-state index is 0.228. The van der Waals surface area contributed by atoms with Crippen LogP contribution in [-0.4, -0.2) is 6.54 Å². The Morgan fingerprint density at radius 2 is 1.79 bits per heavy atom. The Bertz CT molecular complexity index is 546. The van der Waals surface area contributed by atoms with Crippen molar-refractivity contribution >= 4 is 0 Å². The van der Waals surface area contributed by atoms with Crippen LogP contribution in [0.1, 0.15) is 24.0 Å². The molecule has 0 aliphatic heterocycles. The Hall–Kier alpha value is -1.80. The minimum Gasteiger partial charge on any atom is -0.489 e. The highest BCUT2D eigenvalue weighted by molar-refractivity contribution is 5.38. The van der Waals surface area contributed by atoms with Gasteiger partial charge in [-0.05, 0) is 36.1 Å². The maximum Gasteiger partial charge on any atom is 0.120 e. The van der Waals surface area contributed by atoms with Crippen LogP contribution >= 0.6 is 0 Å². The Morgan fingerprint density at radius 3 is 2.47 bits per heavy atom. The molecule has 1 aliphatic carbocycles. The summed E-state index contributed by atoms with van der Waals surface area (Å²) in [5.74, 6) is 0.932. The van der Waals surface area contributed by atoms with Crippen LogP contribution in [0.5, 0.6) is 5.75 Å². The summed E-state index contributed by atoms with van der Waals surface area (Å²) in [6, 6.07) is 18.6. The fraction of sp³-hybridized carbons (Fsp3) is 0.294. The van der Waals surface area contributed by atoms with E-state index in [0.29, 0.717) is 6.61 Å². The minimum absolute atomic E-state index is 0.228. The van der Waals surface area contributed by atoms with E-state index >= 15 is 0 Å². The van der Waals surface area contributed by atoms with Gasteiger partial charge in [-0.1, -0.05) is 42.5 Å². The molecule has 0 aromatic heterocycles. The summed E-state index contributed by atoms with van der Waals surface area (Å²) in [5, 5.41) is 0. The van der Waals surface area contributed by atoms with Gasteiger partial charge >= 0.3 is 0 Å². The summed E-state index contributed by atoms with van der Waals surface area (Å²) in [5.41, 5.74) is 8.61. The van der Waals surface area contributed by atoms with Crippen LogP contribution in [0.4, 0.5) is 0 Å². The molecule has 2 aromatic carbocycles. The molecule has 1 saturated carbocycles. The van der Waals surface area contributed by atoms with Gasteiger partial charge in [-0.3, -0.25) is 0 Å². The Balaban J connectivity index is 1.70. The van der Waals surface area contributed by atoms with Crippen LogP contribution in [0.2, 0.25) is 0 Å². The van der Waals surface area contributed by atoms with Gasteiger partial charge in [0.1, 0.15) is 12.4 Å². The molecular formula is C17H19NO. The first-order valence-electron chi connectivity index (χ1n) is 6.80. The molecule has 2 heteroatoms. The van der Waals surface area contributed by atoms with Crippen LogP contribution in [0.3, 0.4) is 0 Å². The van der Waals surface area contributed by atoms with Crippen LogP contribution in [0.15, 0.2) is 54.6 Å². The number of benzene rings is 2. The summed E-state index contributed by atoms with van der Waals surface area (Å²) in [6.07, 6.45) is 2.40. The summed E-state index contributed by atoms with van der Waals surface area (Å²) in [4.78, 5) is 0. The zero-order chi connectivity index (χ0) is 13.1. The van der Waals surface area contributed by atoms with E-state index in [1.54, 1.807) is 0 Å². The van der Waals surface area contributed by atoms with E-state index < -0.39 is 0 Å². The molecule has 3 rings (SSSR count). The number of ether oxygens (including phenoxy) is 1. The third kappa shape index (κ3) is 2.64. The molecule has 0 atom stereocenters. The quantitative estimate of drug-likeness (QED) is 0.887. The van der Waals surface area contributed by atoms with Gasteiger partial charge in [0.05, 0.1) is 0 Å². The molecule has 2 nitrogen and oxygen atoms in total. The molecule has 0 amide bonds. The van der Waals surface area contributed by atoms with Gasteiger partial charge in [-0.25, -0.2) is 0 Å². The van der Waals surface area contributed by atoms with E-state index in [1.807, 2.05) is 24.3 Å². The third-order valence-electron chi connectivity index (χ3n) is 3.94. The second-order valence-electron chi connectivity index (χ2n) is 5.29. The second kappa shape index (κ2) is 5.06. The van der Waals surface area contributed by atoms with Crippen molar-refractivity contribution in [2.24, 2.45) is 5.73 Å². The van der Waals surface area contributed by atoms with Gasteiger partial charge in [0.15, 0.2) is 0 Å². The number of nitrogens with two attached hydrogens (primary N) is 1. The highest BCUT2D eigenvalue weighted by Crippen LogP contribution is 2.47. The second-order valence-corrected chi connectivity index (χ2v) is 5.29. The molecule has 0 bridgehead atoms. The lowest BCUT2D eigenvalue weighted by Gasteiger charge is -2.14. The monoisotopic (exact) mass is 253 g/mol. The maximum absolute atomic E-state index is 5.88. The fourth-order valence-corrected chi connectivity index (χ4v) is 2.42. The molecule has 98 valence electrons. The van der Waals surface area contributed by atoms with Gasteiger partial charge < -0.3 is 10.5 Å². The van der Waals surface area contributed by atoms with E-state index in [4.69, 9.17) is 10.5 Å². The molecule has 2 aromatic rings. The Kier molecular flexibility index (Phi) is 3.26. The average Bonchev–Trinajstić information content (AvgIpc) is 3.28. The van der Waals surface area contributed by atoms with Crippen LogP contribution in [-0.2, 0) is 12.0 Å². The van der Waals surface area contributed by atoms with Gasteiger partial charge in [-0.15, -0.1) is 0 Å². The van der Waals surface area contributed by atoms with Crippen molar-refractivity contribution in [3.05, 3.63) is 65.7 Å². The van der Waals surface area contributed by atoms with E-state index in [2.05, 4.69) is 30.3 Å². The molecule has 0 saturated heterocycles. The van der Waals surface area contributed by atoms with E-state index in [1.165, 1.54) is 24.0 Å². The zero-order valence-electron chi connectivity index (χ0n) is 11.0. The largest absolute Gasteiger partial charge is 0.489 e. The zero-order valence-corrected chi connectivity index (χ0v) is 11.0. The Labute approximate surface area is 114 Å². The first-order chi connectivity index (χ1) is 9.32. The highest BCUT2D eigenvalue weighted by atomic mass is 16.5. The van der Waals surface area contributed by atoms with Crippen LogP contribution in [0, 0.1) is 0 Å². The summed E-state index contributed by atoms with van der Waals surface area (Å²) >= 11 is 0. The van der Waals surface area contributed by atoms with E-state index in [0.717, 1.165) is 12.3 Å². The van der Waals surface area contributed by atoms with Crippen molar-refractivity contribution in [1.82, 2.24) is 0 Å². The lowest BCUT2D eigenvalue weighted by atomic mass is 9.96. The van der Waals surface area contributed by atoms with Crippen molar-refractivity contribution in [2.45, 2.75) is 24.9 Å². The highest BCUT2D eigenvalue weighted by Gasteiger charge is 2.42. The molecule has 1 aliphatic rings. The molecule has 0 spiro atoms. The SMILES string of the molecule is NCC1(c2cccc(OCc3ccccc3)c2)CC1. The molecule has 1 fully saturated rings. The van der Waals surface area contributed by atoms with Crippen LogP contribution < -0.4 is 10.5 Å². The van der Waals surface area contributed by atoms with Gasteiger partial charge in [-0.2, -0.15) is 0 Å². The van der Waals surface area contributed by atoms with Crippen molar-refractivity contribution in [3.63, 3.8) is 0 Å². The predicted molar refractivity (Wildman–Crippen MR) is 77.2 cm³/mol. The molecule has 0 radical (unpaired) electrons. The first kappa shape index (κ1) is 12.2. The molecule has 0 unspecified atom stereocenters. The molecular weight excluding hydrogens is 234 g/mol. The smallest absolute Gasteiger partial charge is 0.120 e. The van der Waals surface area contributed by atoms with Gasteiger partial charge in [0.2, 0.25) is 0 Å². The number of hydrogen-bond donors (Lipinski definition) is 1. The van der Waals surface area contributed by atoms with Crippen LogP contribution in [0.25, 0.3) is 0 Å². The van der Waals surface area contributed by atoms with Crippen molar-refractivity contribution < 1.29 is 4.74 Å². The van der Waals surface area contributed by atoms with E-state index in [9.17, 15) is 0 Å². The summed E-state index contributed by atoms with van der Waals surface area (Å²) < 4.78 is 5.86. The maximum atomic E-state index is 5.88. The molecule has 0 heterocycles. The molecule has 2 N–H and O–H groups in total. The van der Waals surface area contributed by atoms with E-state index in [-0.39, 0.29) is 5.41 Å². The lowest BCUT2D eigenvalue weighted by Crippen LogP contribution is -2.19. The van der Waals surface area contributed by atoms with Gasteiger partial charge in [0, 0.05) is 12.0 Å². The summed E-state index contributed by atoms with van der Waals surface area (Å²) in [7, 11) is 0. The number of hydrogen-bond acceptors (Lipinski definition) is 2. The molecule has 19 heavy (non-hydrogen) atoms. The summed E-state index contributed by atoms with van der Waals surface area (Å²) in [6.45, 7) is 1.34. The predicted octanol–water partition coefficient (Wildman–Crippen LogP) is 3.26. The lowest BCUT2D eigenvalue weighted by molar-refractivity contribution is 0.305. The van der Waals surface area contributed by atoms with Crippen molar-refractivity contribution in [3.8, 4) is 5.75 Å². The standard InChI is InChI=1S/C17H19NO/c18-13-17(9-10-17)15-7-4-8-16(11-15)19-12-14-5-2-1-3-6-14/h1-8,11H,9-10,12-13,18H2. The number of rotatable bonds is 5. The van der Waals surface area contributed by atoms with Crippen molar-refractivity contribution in [2.75, 3.05) is 6.54 Å². The normalized spacial score (nSPS) is 16.1.